The summed E-state index contributed by atoms with van der Waals surface area (Å²) in [6.07, 6.45) is 1.97. The second kappa shape index (κ2) is 5.86. The third-order valence-corrected chi connectivity index (χ3v) is 1.86. The molecule has 0 aliphatic heterocycles. The van der Waals surface area contributed by atoms with Crippen LogP contribution in [0.1, 0.15) is 41.5 Å². The molecule has 0 saturated heterocycles. The Bertz CT molecular complexity index is 279. The van der Waals surface area contributed by atoms with Crippen molar-refractivity contribution in [2.24, 2.45) is 4.99 Å². The Morgan fingerprint density at radius 1 is 1.33 bits per heavy atom. The van der Waals surface area contributed by atoms with Crippen LogP contribution >= 0.6 is 0 Å². The Morgan fingerprint density at radius 3 is 2.20 bits per heavy atom. The summed E-state index contributed by atoms with van der Waals surface area (Å²) in [5.41, 5.74) is 2.73. The maximum absolute atomic E-state index is 5.68. The van der Waals surface area contributed by atoms with E-state index in [2.05, 4.69) is 11.6 Å². The molecule has 86 valence electrons. The third kappa shape index (κ3) is 7.09. The Morgan fingerprint density at radius 2 is 1.87 bits per heavy atom. The highest BCUT2D eigenvalue weighted by atomic mass is 16.5. The number of hydrogen-bond acceptors (Lipinski definition) is 2. The van der Waals surface area contributed by atoms with E-state index >= 15 is 0 Å². The van der Waals surface area contributed by atoms with Gasteiger partial charge < -0.3 is 4.74 Å². The van der Waals surface area contributed by atoms with Crippen LogP contribution in [0.15, 0.2) is 28.9 Å². The van der Waals surface area contributed by atoms with Gasteiger partial charge in [0.2, 0.25) is 0 Å². The first-order chi connectivity index (χ1) is 6.76. The predicted molar refractivity (Wildman–Crippen MR) is 67.4 cm³/mol. The molecule has 0 radical (unpaired) electrons. The maximum Gasteiger partial charge on any atom is 0.0897 e. The molecule has 0 N–H and O–H groups in total. The largest absolute Gasteiger partial charge is 0.370 e. The highest BCUT2D eigenvalue weighted by Gasteiger charge is 2.12. The van der Waals surface area contributed by atoms with Crippen molar-refractivity contribution in [3.05, 3.63) is 23.9 Å². The monoisotopic (exact) mass is 209 g/mol. The van der Waals surface area contributed by atoms with Crippen LogP contribution in [-0.4, -0.2) is 17.9 Å². The summed E-state index contributed by atoms with van der Waals surface area (Å²) in [7, 11) is 0. The lowest BCUT2D eigenvalue weighted by molar-refractivity contribution is 0.0214. The van der Waals surface area contributed by atoms with Gasteiger partial charge in [0, 0.05) is 5.70 Å². The van der Waals surface area contributed by atoms with Crippen LogP contribution in [0.5, 0.6) is 0 Å². The molecule has 0 amide bonds. The second-order valence-corrected chi connectivity index (χ2v) is 4.67. The number of aliphatic imine (C=N–C) groups is 1. The van der Waals surface area contributed by atoms with Crippen LogP contribution in [0.2, 0.25) is 0 Å². The SMILES string of the molecule is C=C(C)/C(COC(C)(C)C)=N/C(C)=C\C. The van der Waals surface area contributed by atoms with E-state index < -0.39 is 0 Å². The van der Waals surface area contributed by atoms with E-state index in [4.69, 9.17) is 4.74 Å². The van der Waals surface area contributed by atoms with Crippen molar-refractivity contribution in [3.63, 3.8) is 0 Å². The fourth-order valence-electron chi connectivity index (χ4n) is 0.813. The van der Waals surface area contributed by atoms with Crippen molar-refractivity contribution in [1.29, 1.82) is 0 Å². The normalized spacial score (nSPS) is 14.3. The number of ether oxygens (including phenoxy) is 1. The first-order valence-electron chi connectivity index (χ1n) is 5.26. The van der Waals surface area contributed by atoms with Gasteiger partial charge in [0.1, 0.15) is 0 Å². The Labute approximate surface area is 93.7 Å². The number of allylic oxidation sites excluding steroid dienone is 2. The van der Waals surface area contributed by atoms with Gasteiger partial charge in [-0.15, -0.1) is 0 Å². The van der Waals surface area contributed by atoms with Crippen molar-refractivity contribution in [3.8, 4) is 0 Å². The van der Waals surface area contributed by atoms with Crippen molar-refractivity contribution in [2.75, 3.05) is 6.61 Å². The Hall–Kier alpha value is -0.890. The van der Waals surface area contributed by atoms with Crippen molar-refractivity contribution in [1.82, 2.24) is 0 Å². The summed E-state index contributed by atoms with van der Waals surface area (Å²) < 4.78 is 5.68. The van der Waals surface area contributed by atoms with Gasteiger partial charge in [-0.2, -0.15) is 0 Å². The molecule has 0 spiro atoms. The van der Waals surface area contributed by atoms with E-state index in [0.29, 0.717) is 6.61 Å². The molecule has 0 aliphatic rings. The van der Waals surface area contributed by atoms with Crippen molar-refractivity contribution in [2.45, 2.75) is 47.1 Å². The summed E-state index contributed by atoms with van der Waals surface area (Å²) in [6, 6.07) is 0. The van der Waals surface area contributed by atoms with Gasteiger partial charge in [0.05, 0.1) is 17.9 Å². The van der Waals surface area contributed by atoms with Crippen molar-refractivity contribution >= 4 is 5.71 Å². The smallest absolute Gasteiger partial charge is 0.0897 e. The molecular weight excluding hydrogens is 186 g/mol. The van der Waals surface area contributed by atoms with Crippen LogP contribution in [0.3, 0.4) is 0 Å². The van der Waals surface area contributed by atoms with Gasteiger partial charge in [-0.1, -0.05) is 12.7 Å². The average Bonchev–Trinajstić information content (AvgIpc) is 2.09. The summed E-state index contributed by atoms with van der Waals surface area (Å²) >= 11 is 0. The average molecular weight is 209 g/mol. The molecule has 0 fully saturated rings. The minimum Gasteiger partial charge on any atom is -0.370 e. The van der Waals surface area contributed by atoms with Crippen molar-refractivity contribution < 1.29 is 4.74 Å². The predicted octanol–water partition coefficient (Wildman–Crippen LogP) is 3.74. The summed E-state index contributed by atoms with van der Waals surface area (Å²) in [6.45, 7) is 16.4. The van der Waals surface area contributed by atoms with Crippen LogP contribution in [-0.2, 0) is 4.74 Å². The van der Waals surface area contributed by atoms with E-state index in [1.165, 1.54) is 0 Å². The van der Waals surface area contributed by atoms with Gasteiger partial charge in [-0.3, -0.25) is 4.99 Å². The fourth-order valence-corrected chi connectivity index (χ4v) is 0.813. The van der Waals surface area contributed by atoms with E-state index in [9.17, 15) is 0 Å². The topological polar surface area (TPSA) is 21.6 Å². The zero-order chi connectivity index (χ0) is 12.1. The summed E-state index contributed by atoms with van der Waals surface area (Å²) in [5, 5.41) is 0. The molecule has 0 aliphatic carbocycles. The molecule has 0 atom stereocenters. The fraction of sp³-hybridized carbons (Fsp3) is 0.615. The molecule has 0 unspecified atom stereocenters. The van der Waals surface area contributed by atoms with Gasteiger partial charge >= 0.3 is 0 Å². The van der Waals surface area contributed by atoms with E-state index in [1.807, 2.05) is 47.6 Å². The van der Waals surface area contributed by atoms with E-state index in [1.54, 1.807) is 0 Å². The Kier molecular flexibility index (Phi) is 5.51. The number of nitrogens with zero attached hydrogens (tertiary/aromatic N) is 1. The van der Waals surface area contributed by atoms with E-state index in [-0.39, 0.29) is 5.60 Å². The van der Waals surface area contributed by atoms with Gasteiger partial charge in [0.25, 0.3) is 0 Å². The zero-order valence-corrected chi connectivity index (χ0v) is 10.8. The summed E-state index contributed by atoms with van der Waals surface area (Å²) in [5.74, 6) is 0. The zero-order valence-electron chi connectivity index (χ0n) is 10.8. The van der Waals surface area contributed by atoms with Gasteiger partial charge in [-0.05, 0) is 47.1 Å². The molecule has 0 aromatic heterocycles. The molecule has 2 heteroatoms. The molecule has 0 saturated carbocycles. The minimum absolute atomic E-state index is 0.139. The lowest BCUT2D eigenvalue weighted by Gasteiger charge is -2.20. The molecule has 0 aromatic carbocycles. The molecule has 0 bridgehead atoms. The molecule has 0 rings (SSSR count). The Balaban J connectivity index is 4.57. The van der Waals surface area contributed by atoms with Gasteiger partial charge in [0.15, 0.2) is 0 Å². The highest BCUT2D eigenvalue weighted by molar-refractivity contribution is 6.00. The molecule has 15 heavy (non-hydrogen) atoms. The van der Waals surface area contributed by atoms with E-state index in [0.717, 1.165) is 17.0 Å². The standard InChI is InChI=1S/C13H23NO/c1-8-11(4)14-12(10(2)3)9-15-13(5,6)7/h8H,2,9H2,1,3-7H3/b11-8-,14-12+. The third-order valence-electron chi connectivity index (χ3n) is 1.86. The van der Waals surface area contributed by atoms with Crippen LogP contribution in [0.25, 0.3) is 0 Å². The van der Waals surface area contributed by atoms with Crippen LogP contribution in [0, 0.1) is 0 Å². The summed E-state index contributed by atoms with van der Waals surface area (Å²) in [4.78, 5) is 4.45. The minimum atomic E-state index is -0.139. The molecular formula is C13H23NO. The lowest BCUT2D eigenvalue weighted by atomic mass is 10.1. The lowest BCUT2D eigenvalue weighted by Crippen LogP contribution is -2.24. The van der Waals surface area contributed by atoms with Gasteiger partial charge in [-0.25, -0.2) is 0 Å². The second-order valence-electron chi connectivity index (χ2n) is 4.67. The molecule has 0 heterocycles. The number of hydrogen-bond donors (Lipinski definition) is 0. The van der Waals surface area contributed by atoms with Crippen LogP contribution in [0.4, 0.5) is 0 Å². The first kappa shape index (κ1) is 14.1. The van der Waals surface area contributed by atoms with Crippen LogP contribution < -0.4 is 0 Å². The molecule has 0 aromatic rings. The quantitative estimate of drug-likeness (QED) is 0.646. The molecule has 2 nitrogen and oxygen atoms in total. The highest BCUT2D eigenvalue weighted by Crippen LogP contribution is 2.09. The first-order valence-corrected chi connectivity index (χ1v) is 5.26. The maximum atomic E-state index is 5.68. The number of rotatable bonds is 4.